The van der Waals surface area contributed by atoms with Crippen molar-refractivity contribution in [1.82, 2.24) is 20.4 Å². The Hall–Kier alpha value is -3.55. The predicted octanol–water partition coefficient (Wildman–Crippen LogP) is 2.84. The van der Waals surface area contributed by atoms with Crippen LogP contribution in [0.4, 0.5) is 9.18 Å². The van der Waals surface area contributed by atoms with Crippen molar-refractivity contribution in [2.24, 2.45) is 0 Å². The van der Waals surface area contributed by atoms with Crippen molar-refractivity contribution in [2.75, 3.05) is 0 Å². The molecule has 0 aliphatic carbocycles. The number of urea groups is 1. The number of aromatic nitrogens is 2. The van der Waals surface area contributed by atoms with Gasteiger partial charge in [0.2, 0.25) is 11.8 Å². The van der Waals surface area contributed by atoms with Crippen LogP contribution in [0.15, 0.2) is 59.0 Å². The van der Waals surface area contributed by atoms with E-state index >= 15 is 0 Å². The summed E-state index contributed by atoms with van der Waals surface area (Å²) in [7, 11) is 0. The lowest BCUT2D eigenvalue weighted by atomic mass is 9.92. The molecule has 2 heterocycles. The molecule has 0 radical (unpaired) electrons. The predicted molar refractivity (Wildman–Crippen MR) is 92.6 cm³/mol. The average Bonchev–Trinajstić information content (AvgIpc) is 3.23. The summed E-state index contributed by atoms with van der Waals surface area (Å²) in [4.78, 5) is 26.3. The van der Waals surface area contributed by atoms with E-state index in [1.54, 1.807) is 31.2 Å². The van der Waals surface area contributed by atoms with Gasteiger partial charge in [-0.15, -0.1) is 10.2 Å². The lowest BCUT2D eigenvalue weighted by Gasteiger charge is -2.21. The molecule has 1 saturated heterocycles. The van der Waals surface area contributed by atoms with Crippen molar-refractivity contribution < 1.29 is 18.4 Å². The molecular weight excluding hydrogens is 351 g/mol. The van der Waals surface area contributed by atoms with Gasteiger partial charge in [0.15, 0.2) is 0 Å². The summed E-state index contributed by atoms with van der Waals surface area (Å²) in [6.07, 6.45) is 0. The van der Waals surface area contributed by atoms with Gasteiger partial charge in [-0.1, -0.05) is 30.3 Å². The average molecular weight is 366 g/mol. The normalized spacial score (nSPS) is 19.4. The van der Waals surface area contributed by atoms with Crippen molar-refractivity contribution in [2.45, 2.75) is 19.0 Å². The number of carbonyl (C=O) groups is 2. The second kappa shape index (κ2) is 6.31. The summed E-state index contributed by atoms with van der Waals surface area (Å²) in [5.41, 5.74) is 0.0721. The van der Waals surface area contributed by atoms with Gasteiger partial charge >= 0.3 is 6.03 Å². The van der Waals surface area contributed by atoms with E-state index in [1.165, 1.54) is 24.3 Å². The number of rotatable bonds is 4. The van der Waals surface area contributed by atoms with Crippen LogP contribution in [0.5, 0.6) is 0 Å². The molecule has 3 amide bonds. The molecule has 8 heteroatoms. The van der Waals surface area contributed by atoms with E-state index < -0.39 is 17.5 Å². The van der Waals surface area contributed by atoms with Crippen LogP contribution in [0.2, 0.25) is 0 Å². The van der Waals surface area contributed by atoms with E-state index in [4.69, 9.17) is 4.42 Å². The third-order valence-electron chi connectivity index (χ3n) is 4.48. The topological polar surface area (TPSA) is 88.3 Å². The van der Waals surface area contributed by atoms with Gasteiger partial charge in [-0.05, 0) is 36.8 Å². The molecule has 0 spiro atoms. The van der Waals surface area contributed by atoms with E-state index in [-0.39, 0.29) is 24.1 Å². The summed E-state index contributed by atoms with van der Waals surface area (Å²) in [5.74, 6) is -0.490. The highest BCUT2D eigenvalue weighted by atomic mass is 19.1. The highest BCUT2D eigenvalue weighted by molar-refractivity contribution is 6.07. The van der Waals surface area contributed by atoms with Gasteiger partial charge in [0.25, 0.3) is 5.91 Å². The first-order valence-corrected chi connectivity index (χ1v) is 8.25. The number of nitrogens with zero attached hydrogens (tertiary/aromatic N) is 3. The fraction of sp³-hybridized carbons (Fsp3) is 0.158. The maximum atomic E-state index is 13.0. The Kier molecular flexibility index (Phi) is 3.95. The zero-order valence-corrected chi connectivity index (χ0v) is 14.3. The minimum atomic E-state index is -1.15. The first-order valence-electron chi connectivity index (χ1n) is 8.25. The van der Waals surface area contributed by atoms with Gasteiger partial charge in [0, 0.05) is 5.56 Å². The Balaban J connectivity index is 1.56. The van der Waals surface area contributed by atoms with Crippen molar-refractivity contribution in [3.8, 4) is 11.5 Å². The van der Waals surface area contributed by atoms with Crippen LogP contribution in [-0.2, 0) is 16.9 Å². The second-order valence-electron chi connectivity index (χ2n) is 6.32. The summed E-state index contributed by atoms with van der Waals surface area (Å²) in [6.45, 7) is 1.50. The Morgan fingerprint density at radius 1 is 1.07 bits per heavy atom. The van der Waals surface area contributed by atoms with Crippen LogP contribution >= 0.6 is 0 Å². The molecule has 1 unspecified atom stereocenters. The molecule has 1 fully saturated rings. The lowest BCUT2D eigenvalue weighted by molar-refractivity contribution is -0.131. The SMILES string of the molecule is CC1(c2ccccc2)NC(=O)N(Cc2nnc(-c3ccc(F)cc3)o2)C1=O. The largest absolute Gasteiger partial charge is 0.419 e. The molecule has 136 valence electrons. The van der Waals surface area contributed by atoms with E-state index in [1.807, 2.05) is 6.07 Å². The van der Waals surface area contributed by atoms with Crippen LogP contribution in [0.25, 0.3) is 11.5 Å². The minimum absolute atomic E-state index is 0.107. The highest BCUT2D eigenvalue weighted by Crippen LogP contribution is 2.29. The number of nitrogens with one attached hydrogen (secondary N) is 1. The number of carbonyl (C=O) groups excluding carboxylic acids is 2. The van der Waals surface area contributed by atoms with Gasteiger partial charge < -0.3 is 9.73 Å². The van der Waals surface area contributed by atoms with Gasteiger partial charge in [0.1, 0.15) is 17.9 Å². The highest BCUT2D eigenvalue weighted by Gasteiger charge is 2.49. The van der Waals surface area contributed by atoms with Gasteiger partial charge in [-0.2, -0.15) is 0 Å². The first-order chi connectivity index (χ1) is 13.0. The molecule has 7 nitrogen and oxygen atoms in total. The Labute approximate surface area is 153 Å². The van der Waals surface area contributed by atoms with Crippen LogP contribution in [-0.4, -0.2) is 27.0 Å². The number of benzene rings is 2. The molecule has 1 atom stereocenters. The molecule has 1 aliphatic rings. The zero-order chi connectivity index (χ0) is 19.0. The second-order valence-corrected chi connectivity index (χ2v) is 6.32. The van der Waals surface area contributed by atoms with Crippen LogP contribution in [0.3, 0.4) is 0 Å². The number of amides is 3. The van der Waals surface area contributed by atoms with E-state index in [0.717, 1.165) is 4.90 Å². The fourth-order valence-corrected chi connectivity index (χ4v) is 2.97. The molecule has 2 aromatic carbocycles. The van der Waals surface area contributed by atoms with E-state index in [2.05, 4.69) is 15.5 Å². The molecule has 1 aromatic heterocycles. The number of halogens is 1. The van der Waals surface area contributed by atoms with E-state index in [9.17, 15) is 14.0 Å². The van der Waals surface area contributed by atoms with Crippen molar-refractivity contribution >= 4 is 11.9 Å². The third-order valence-corrected chi connectivity index (χ3v) is 4.48. The van der Waals surface area contributed by atoms with E-state index in [0.29, 0.717) is 11.1 Å². The summed E-state index contributed by atoms with van der Waals surface area (Å²) < 4.78 is 18.5. The smallest absolute Gasteiger partial charge is 0.325 e. The fourth-order valence-electron chi connectivity index (χ4n) is 2.97. The van der Waals surface area contributed by atoms with Crippen LogP contribution in [0, 0.1) is 5.82 Å². The van der Waals surface area contributed by atoms with Gasteiger partial charge in [0.05, 0.1) is 0 Å². The molecule has 1 N–H and O–H groups in total. The lowest BCUT2D eigenvalue weighted by Crippen LogP contribution is -2.40. The standard InChI is InChI=1S/C19H15FN4O3/c1-19(13-5-3-2-4-6-13)17(25)24(18(26)21-19)11-15-22-23-16(27-15)12-7-9-14(20)10-8-12/h2-10H,11H2,1H3,(H,21,26). The maximum Gasteiger partial charge on any atom is 0.325 e. The number of hydrogen-bond acceptors (Lipinski definition) is 5. The van der Waals surface area contributed by atoms with Gasteiger partial charge in [-0.3, -0.25) is 9.69 Å². The minimum Gasteiger partial charge on any atom is -0.419 e. The Morgan fingerprint density at radius 2 is 1.78 bits per heavy atom. The maximum absolute atomic E-state index is 13.0. The molecule has 27 heavy (non-hydrogen) atoms. The van der Waals surface area contributed by atoms with Crippen molar-refractivity contribution in [3.63, 3.8) is 0 Å². The third kappa shape index (κ3) is 2.95. The van der Waals surface area contributed by atoms with Crippen molar-refractivity contribution in [1.29, 1.82) is 0 Å². The number of hydrogen-bond donors (Lipinski definition) is 1. The number of imide groups is 1. The van der Waals surface area contributed by atoms with Crippen molar-refractivity contribution in [3.05, 3.63) is 71.9 Å². The summed E-state index contributed by atoms with van der Waals surface area (Å²) in [6, 6.07) is 14.0. The molecule has 1 aliphatic heterocycles. The Bertz CT molecular complexity index is 1000. The molecule has 0 saturated carbocycles. The molecular formula is C19H15FN4O3. The monoisotopic (exact) mass is 366 g/mol. The van der Waals surface area contributed by atoms with Crippen LogP contribution in [0.1, 0.15) is 18.4 Å². The molecule has 3 aromatic rings. The quantitative estimate of drug-likeness (QED) is 0.718. The Morgan fingerprint density at radius 3 is 2.48 bits per heavy atom. The summed E-state index contributed by atoms with van der Waals surface area (Å²) in [5, 5.41) is 10.5. The van der Waals surface area contributed by atoms with Gasteiger partial charge in [-0.25, -0.2) is 9.18 Å². The molecule has 4 rings (SSSR count). The first kappa shape index (κ1) is 16.9. The zero-order valence-electron chi connectivity index (χ0n) is 14.3. The summed E-state index contributed by atoms with van der Waals surface area (Å²) >= 11 is 0. The van der Waals surface area contributed by atoms with Crippen LogP contribution < -0.4 is 5.32 Å². The molecule has 0 bridgehead atoms.